The van der Waals surface area contributed by atoms with Crippen LogP contribution >= 0.6 is 11.3 Å². The van der Waals surface area contributed by atoms with Crippen LogP contribution in [-0.4, -0.2) is 22.6 Å². The zero-order valence-corrected chi connectivity index (χ0v) is 15.3. The number of hydrogen-bond acceptors (Lipinski definition) is 5. The first-order valence-corrected chi connectivity index (χ1v) is 8.66. The summed E-state index contributed by atoms with van der Waals surface area (Å²) < 4.78 is 6.54. The monoisotopic (exact) mass is 357 g/mol. The van der Waals surface area contributed by atoms with Crippen molar-refractivity contribution in [1.82, 2.24) is 9.55 Å². The van der Waals surface area contributed by atoms with Gasteiger partial charge in [-0.3, -0.25) is 14.2 Å². The highest BCUT2D eigenvalue weighted by Gasteiger charge is 2.21. The largest absolute Gasteiger partial charge is 0.497 e. The molecular formula is C18H19N3O3S. The van der Waals surface area contributed by atoms with Crippen LogP contribution in [0, 0.1) is 13.8 Å². The number of aromatic nitrogens is 2. The number of carbonyl (C=O) groups excluding carboxylic acids is 1. The molecule has 1 N–H and O–H groups in total. The maximum Gasteiger partial charge on any atom is 0.263 e. The average Bonchev–Trinajstić information content (AvgIpc) is 2.96. The van der Waals surface area contributed by atoms with Crippen LogP contribution in [0.5, 0.6) is 5.75 Å². The molecule has 0 aliphatic rings. The number of hydrogen-bond donors (Lipinski definition) is 1. The van der Waals surface area contributed by atoms with Crippen LogP contribution in [0.3, 0.4) is 0 Å². The molecule has 1 atom stereocenters. The molecule has 2 heterocycles. The van der Waals surface area contributed by atoms with Crippen molar-refractivity contribution in [3.63, 3.8) is 0 Å². The van der Waals surface area contributed by atoms with Gasteiger partial charge in [0.15, 0.2) is 0 Å². The summed E-state index contributed by atoms with van der Waals surface area (Å²) in [5.74, 6) is 0.959. The van der Waals surface area contributed by atoms with E-state index in [1.54, 1.807) is 45.2 Å². The van der Waals surface area contributed by atoms with Crippen LogP contribution in [-0.2, 0) is 4.79 Å². The summed E-state index contributed by atoms with van der Waals surface area (Å²) in [5, 5.41) is 3.37. The highest BCUT2D eigenvalue weighted by atomic mass is 32.1. The van der Waals surface area contributed by atoms with E-state index in [-0.39, 0.29) is 11.5 Å². The SMILES string of the molecule is COc1ccc(NC(=O)C(C)n2c(C)nc3sc(C)cc3c2=O)cc1. The van der Waals surface area contributed by atoms with Crippen LogP contribution < -0.4 is 15.6 Å². The number of thiophene rings is 1. The zero-order valence-electron chi connectivity index (χ0n) is 14.5. The smallest absolute Gasteiger partial charge is 0.263 e. The fourth-order valence-electron chi connectivity index (χ4n) is 2.71. The van der Waals surface area contributed by atoms with Crippen LogP contribution in [0.1, 0.15) is 23.7 Å². The Labute approximate surface area is 149 Å². The van der Waals surface area contributed by atoms with E-state index in [0.717, 1.165) is 4.88 Å². The molecule has 1 amide bonds. The van der Waals surface area contributed by atoms with Crippen molar-refractivity contribution in [1.29, 1.82) is 0 Å². The number of nitrogens with zero attached hydrogens (tertiary/aromatic N) is 2. The molecule has 25 heavy (non-hydrogen) atoms. The molecule has 0 spiro atoms. The molecule has 0 radical (unpaired) electrons. The summed E-state index contributed by atoms with van der Waals surface area (Å²) in [4.78, 5) is 31.6. The lowest BCUT2D eigenvalue weighted by atomic mass is 10.2. The minimum atomic E-state index is -0.674. The van der Waals surface area contributed by atoms with Crippen LogP contribution in [0.15, 0.2) is 35.1 Å². The number of fused-ring (bicyclic) bond motifs is 1. The van der Waals surface area contributed by atoms with E-state index in [1.807, 2.05) is 13.0 Å². The van der Waals surface area contributed by atoms with Gasteiger partial charge in [0.05, 0.1) is 12.5 Å². The highest BCUT2D eigenvalue weighted by molar-refractivity contribution is 7.18. The normalized spacial score (nSPS) is 12.2. The van der Waals surface area contributed by atoms with Gasteiger partial charge in [-0.05, 0) is 51.1 Å². The summed E-state index contributed by atoms with van der Waals surface area (Å²) in [6.45, 7) is 5.37. The van der Waals surface area contributed by atoms with Gasteiger partial charge in [0.1, 0.15) is 22.4 Å². The quantitative estimate of drug-likeness (QED) is 0.778. The summed E-state index contributed by atoms with van der Waals surface area (Å²) in [5.41, 5.74) is 0.452. The van der Waals surface area contributed by atoms with Crippen LogP contribution in [0.25, 0.3) is 10.2 Å². The summed E-state index contributed by atoms with van der Waals surface area (Å²) in [6, 6.07) is 8.18. The number of anilines is 1. The minimum absolute atomic E-state index is 0.191. The zero-order chi connectivity index (χ0) is 18.1. The highest BCUT2D eigenvalue weighted by Crippen LogP contribution is 2.22. The van der Waals surface area contributed by atoms with Crippen molar-refractivity contribution in [2.24, 2.45) is 0 Å². The standard InChI is InChI=1S/C18H19N3O3S/c1-10-9-15-17(25-10)19-12(3)21(18(15)23)11(2)16(22)20-13-5-7-14(24-4)8-6-13/h5-9,11H,1-4H3,(H,20,22). The molecule has 3 rings (SSSR count). The van der Waals surface area contributed by atoms with Gasteiger partial charge in [-0.15, -0.1) is 11.3 Å². The Hall–Kier alpha value is -2.67. The van der Waals surface area contributed by atoms with Crippen LogP contribution in [0.2, 0.25) is 0 Å². The van der Waals surface area contributed by atoms with Gasteiger partial charge in [-0.1, -0.05) is 0 Å². The first-order chi connectivity index (χ1) is 11.9. The van der Waals surface area contributed by atoms with E-state index in [4.69, 9.17) is 4.74 Å². The van der Waals surface area contributed by atoms with E-state index < -0.39 is 6.04 Å². The maximum atomic E-state index is 12.8. The van der Waals surface area contributed by atoms with E-state index in [0.29, 0.717) is 27.5 Å². The second-order valence-electron chi connectivity index (χ2n) is 5.80. The van der Waals surface area contributed by atoms with Gasteiger partial charge in [0, 0.05) is 10.6 Å². The molecule has 0 saturated carbocycles. The Morgan fingerprint density at radius 3 is 2.60 bits per heavy atom. The molecule has 130 valence electrons. The number of carbonyl (C=O) groups is 1. The number of ether oxygens (including phenoxy) is 1. The molecule has 0 aliphatic carbocycles. The van der Waals surface area contributed by atoms with Crippen molar-refractivity contribution in [3.8, 4) is 5.75 Å². The fourth-order valence-corrected chi connectivity index (χ4v) is 3.63. The Bertz CT molecular complexity index is 989. The average molecular weight is 357 g/mol. The number of benzene rings is 1. The molecule has 1 unspecified atom stereocenters. The summed E-state index contributed by atoms with van der Waals surface area (Å²) in [6.07, 6.45) is 0. The third-order valence-corrected chi connectivity index (χ3v) is 4.97. The lowest BCUT2D eigenvalue weighted by Gasteiger charge is -2.17. The Balaban J connectivity index is 1.91. The molecule has 2 aromatic heterocycles. The van der Waals surface area contributed by atoms with E-state index in [9.17, 15) is 9.59 Å². The molecule has 0 aliphatic heterocycles. The van der Waals surface area contributed by atoms with Gasteiger partial charge >= 0.3 is 0 Å². The molecule has 6 nitrogen and oxygen atoms in total. The van der Waals surface area contributed by atoms with E-state index in [1.165, 1.54) is 15.9 Å². The van der Waals surface area contributed by atoms with Gasteiger partial charge in [-0.25, -0.2) is 4.98 Å². The third-order valence-electron chi connectivity index (χ3n) is 4.02. The topological polar surface area (TPSA) is 73.2 Å². The van der Waals surface area contributed by atoms with Crippen molar-refractivity contribution in [2.45, 2.75) is 26.8 Å². The van der Waals surface area contributed by atoms with Crippen molar-refractivity contribution >= 4 is 33.1 Å². The van der Waals surface area contributed by atoms with Crippen molar-refractivity contribution in [2.75, 3.05) is 12.4 Å². The first-order valence-electron chi connectivity index (χ1n) is 7.85. The third kappa shape index (κ3) is 3.28. The second-order valence-corrected chi connectivity index (χ2v) is 7.04. The summed E-state index contributed by atoms with van der Waals surface area (Å²) in [7, 11) is 1.58. The Morgan fingerprint density at radius 2 is 1.96 bits per heavy atom. The predicted octanol–water partition coefficient (Wildman–Crippen LogP) is 3.28. The Kier molecular flexibility index (Phi) is 4.59. The van der Waals surface area contributed by atoms with Gasteiger partial charge in [0.2, 0.25) is 5.91 Å². The van der Waals surface area contributed by atoms with Gasteiger partial charge < -0.3 is 10.1 Å². The molecule has 0 bridgehead atoms. The number of methoxy groups -OCH3 is 1. The predicted molar refractivity (Wildman–Crippen MR) is 99.7 cm³/mol. The Morgan fingerprint density at radius 1 is 1.28 bits per heavy atom. The molecule has 0 fully saturated rings. The number of aryl methyl sites for hydroxylation is 2. The number of amides is 1. The lowest BCUT2D eigenvalue weighted by Crippen LogP contribution is -2.33. The molecule has 3 aromatic rings. The first kappa shape index (κ1) is 17.2. The van der Waals surface area contributed by atoms with Crippen LogP contribution in [0.4, 0.5) is 5.69 Å². The maximum absolute atomic E-state index is 12.8. The van der Waals surface area contributed by atoms with Gasteiger partial charge in [-0.2, -0.15) is 0 Å². The lowest BCUT2D eigenvalue weighted by molar-refractivity contribution is -0.118. The van der Waals surface area contributed by atoms with Gasteiger partial charge in [0.25, 0.3) is 5.56 Å². The molecule has 1 aromatic carbocycles. The van der Waals surface area contributed by atoms with E-state index >= 15 is 0 Å². The molecule has 7 heteroatoms. The minimum Gasteiger partial charge on any atom is -0.497 e. The number of rotatable bonds is 4. The van der Waals surface area contributed by atoms with E-state index in [2.05, 4.69) is 10.3 Å². The summed E-state index contributed by atoms with van der Waals surface area (Å²) >= 11 is 1.48. The molecule has 0 saturated heterocycles. The molecular weight excluding hydrogens is 338 g/mol. The van der Waals surface area contributed by atoms with Crippen molar-refractivity contribution < 1.29 is 9.53 Å². The van der Waals surface area contributed by atoms with Crippen molar-refractivity contribution in [3.05, 3.63) is 51.4 Å². The fraction of sp³-hybridized carbons (Fsp3) is 0.278. The number of nitrogens with one attached hydrogen (secondary N) is 1. The second kappa shape index (κ2) is 6.68.